The van der Waals surface area contributed by atoms with Crippen molar-refractivity contribution >= 4 is 38.8 Å². The third-order valence-electron chi connectivity index (χ3n) is 6.13. The van der Waals surface area contributed by atoms with Gasteiger partial charge in [-0.15, -0.1) is 0 Å². The number of pyridine rings is 1. The van der Waals surface area contributed by atoms with Crippen LogP contribution in [0.4, 0.5) is 5.69 Å². The molecule has 0 saturated heterocycles. The van der Waals surface area contributed by atoms with Gasteiger partial charge in [0.2, 0.25) is 0 Å². The van der Waals surface area contributed by atoms with Gasteiger partial charge in [0.25, 0.3) is 0 Å². The summed E-state index contributed by atoms with van der Waals surface area (Å²) < 4.78 is 0. The number of allylic oxidation sites excluding steroid dienone is 1. The first-order valence-corrected chi connectivity index (χ1v) is 12.2. The van der Waals surface area contributed by atoms with Gasteiger partial charge in [0.1, 0.15) is 5.69 Å². The molecule has 34 heavy (non-hydrogen) atoms. The molecule has 2 aromatic carbocycles. The van der Waals surface area contributed by atoms with E-state index in [0.717, 1.165) is 56.7 Å². The number of anilines is 1. The van der Waals surface area contributed by atoms with E-state index < -0.39 is 0 Å². The molecule has 0 aliphatic rings. The maximum Gasteiger partial charge on any atom is 0.116 e. The number of benzene rings is 2. The summed E-state index contributed by atoms with van der Waals surface area (Å²) >= 11 is 1.71. The monoisotopic (exact) mass is 461 g/mol. The summed E-state index contributed by atoms with van der Waals surface area (Å²) in [7, 11) is 0. The Morgan fingerprint density at radius 2 is 1.91 bits per heavy atom. The van der Waals surface area contributed by atoms with Crippen LogP contribution in [0.25, 0.3) is 55.4 Å². The van der Waals surface area contributed by atoms with Crippen molar-refractivity contribution in [1.82, 2.24) is 20.2 Å². The van der Waals surface area contributed by atoms with E-state index in [1.807, 2.05) is 12.4 Å². The van der Waals surface area contributed by atoms with Crippen molar-refractivity contribution in [3.05, 3.63) is 90.0 Å². The molecule has 0 aliphatic carbocycles. The van der Waals surface area contributed by atoms with Gasteiger partial charge in [-0.3, -0.25) is 10.1 Å². The molecule has 166 valence electrons. The number of nitrogens with one attached hydrogen (secondary N) is 3. The fourth-order valence-electron chi connectivity index (χ4n) is 4.31. The highest BCUT2D eigenvalue weighted by Gasteiger charge is 2.14. The van der Waals surface area contributed by atoms with E-state index >= 15 is 0 Å². The molecule has 4 aromatic heterocycles. The second-order valence-electron chi connectivity index (χ2n) is 8.34. The van der Waals surface area contributed by atoms with E-state index in [1.165, 1.54) is 16.5 Å². The Balaban J connectivity index is 1.43. The Morgan fingerprint density at radius 3 is 2.76 bits per heavy atom. The standard InChI is InChI=1S/C28H23N5S/c1-3-17(2)30-21-11-20(14-29-15-21)18-7-8-26-24(12-18)28(33-32-26)27-13-23-22(19-9-10-34-16-19)5-4-6-25(23)31-27/h4-16,30-31H,2-3H2,1H3,(H,32,33). The molecular weight excluding hydrogens is 438 g/mol. The number of hydrogen-bond donors (Lipinski definition) is 3. The number of hydrogen-bond acceptors (Lipinski definition) is 4. The maximum atomic E-state index is 4.66. The zero-order valence-corrected chi connectivity index (χ0v) is 19.5. The molecule has 0 fully saturated rings. The van der Waals surface area contributed by atoms with Gasteiger partial charge in [0.05, 0.1) is 23.1 Å². The van der Waals surface area contributed by atoms with Crippen LogP contribution in [0.3, 0.4) is 0 Å². The highest BCUT2D eigenvalue weighted by atomic mass is 32.1. The molecule has 0 unspecified atom stereocenters. The Morgan fingerprint density at radius 1 is 0.971 bits per heavy atom. The van der Waals surface area contributed by atoms with E-state index in [4.69, 9.17) is 0 Å². The topological polar surface area (TPSA) is 69.4 Å². The number of rotatable bonds is 6. The molecule has 0 aliphatic heterocycles. The molecule has 4 heterocycles. The lowest BCUT2D eigenvalue weighted by molar-refractivity contribution is 1.11. The molecule has 0 saturated carbocycles. The van der Waals surface area contributed by atoms with E-state index in [9.17, 15) is 0 Å². The number of aromatic nitrogens is 4. The van der Waals surface area contributed by atoms with Crippen molar-refractivity contribution in [2.24, 2.45) is 0 Å². The summed E-state index contributed by atoms with van der Waals surface area (Å²) in [5.41, 5.74) is 10.5. The highest BCUT2D eigenvalue weighted by molar-refractivity contribution is 7.08. The van der Waals surface area contributed by atoms with Crippen LogP contribution in [0, 0.1) is 0 Å². The molecule has 6 rings (SSSR count). The minimum atomic E-state index is 0.868. The number of H-pyrrole nitrogens is 2. The van der Waals surface area contributed by atoms with E-state index in [2.05, 4.69) is 104 Å². The first-order valence-electron chi connectivity index (χ1n) is 11.2. The van der Waals surface area contributed by atoms with Gasteiger partial charge in [0.15, 0.2) is 0 Å². The lowest BCUT2D eigenvalue weighted by Gasteiger charge is -2.09. The average Bonchev–Trinajstić information content (AvgIpc) is 3.62. The van der Waals surface area contributed by atoms with E-state index in [0.29, 0.717) is 0 Å². The molecule has 5 nitrogen and oxygen atoms in total. The molecule has 6 aromatic rings. The Bertz CT molecular complexity index is 1640. The van der Waals surface area contributed by atoms with Crippen molar-refractivity contribution in [1.29, 1.82) is 0 Å². The van der Waals surface area contributed by atoms with Gasteiger partial charge in [-0.2, -0.15) is 16.4 Å². The smallest absolute Gasteiger partial charge is 0.116 e. The maximum absolute atomic E-state index is 4.66. The predicted octanol–water partition coefficient (Wildman–Crippen LogP) is 7.84. The highest BCUT2D eigenvalue weighted by Crippen LogP contribution is 2.36. The summed E-state index contributed by atoms with van der Waals surface area (Å²) in [5, 5.41) is 17.7. The van der Waals surface area contributed by atoms with Crippen LogP contribution in [0.1, 0.15) is 13.3 Å². The van der Waals surface area contributed by atoms with Crippen LogP contribution in [0.2, 0.25) is 0 Å². The van der Waals surface area contributed by atoms with Crippen molar-refractivity contribution < 1.29 is 0 Å². The minimum Gasteiger partial charge on any atom is -0.358 e. The van der Waals surface area contributed by atoms with Crippen LogP contribution < -0.4 is 5.32 Å². The zero-order chi connectivity index (χ0) is 23.1. The largest absolute Gasteiger partial charge is 0.358 e. The molecule has 0 bridgehead atoms. The summed E-state index contributed by atoms with van der Waals surface area (Å²) in [5.74, 6) is 0. The second-order valence-corrected chi connectivity index (χ2v) is 9.12. The predicted molar refractivity (Wildman–Crippen MR) is 143 cm³/mol. The number of nitrogens with zero attached hydrogens (tertiary/aromatic N) is 2. The first-order chi connectivity index (χ1) is 16.7. The third-order valence-corrected chi connectivity index (χ3v) is 6.82. The lowest BCUT2D eigenvalue weighted by Crippen LogP contribution is -1.97. The molecule has 0 amide bonds. The minimum absolute atomic E-state index is 0.868. The Labute approximate surface area is 201 Å². The van der Waals surface area contributed by atoms with Gasteiger partial charge in [-0.1, -0.05) is 31.7 Å². The normalized spacial score (nSPS) is 11.3. The quantitative estimate of drug-likeness (QED) is 0.237. The van der Waals surface area contributed by atoms with Crippen LogP contribution in [-0.2, 0) is 0 Å². The van der Waals surface area contributed by atoms with Gasteiger partial charge < -0.3 is 10.3 Å². The fourth-order valence-corrected chi connectivity index (χ4v) is 4.97. The molecular formula is C28H23N5S. The Kier molecular flexibility index (Phi) is 5.00. The number of fused-ring (bicyclic) bond motifs is 2. The summed E-state index contributed by atoms with van der Waals surface area (Å²) in [6, 6.07) is 19.2. The average molecular weight is 462 g/mol. The van der Waals surface area contributed by atoms with Crippen molar-refractivity contribution in [3.63, 3.8) is 0 Å². The molecule has 0 atom stereocenters. The number of thiophene rings is 1. The van der Waals surface area contributed by atoms with Crippen LogP contribution in [-0.4, -0.2) is 20.2 Å². The van der Waals surface area contributed by atoms with Crippen LogP contribution >= 0.6 is 11.3 Å². The zero-order valence-electron chi connectivity index (χ0n) is 18.7. The van der Waals surface area contributed by atoms with E-state index in [1.54, 1.807) is 11.3 Å². The van der Waals surface area contributed by atoms with Gasteiger partial charge in [-0.05, 0) is 70.3 Å². The SMILES string of the molecule is C=C(CC)Nc1cncc(-c2ccc3[nH]nc(-c4cc5c(-c6ccsc6)cccc5[nH]4)c3c2)c1. The third kappa shape index (κ3) is 3.58. The van der Waals surface area contributed by atoms with Crippen molar-refractivity contribution in [3.8, 4) is 33.6 Å². The molecule has 6 heteroatoms. The summed E-state index contributed by atoms with van der Waals surface area (Å²) in [6.45, 7) is 6.11. The Hall–Kier alpha value is -4.16. The van der Waals surface area contributed by atoms with Gasteiger partial charge >= 0.3 is 0 Å². The second kappa shape index (κ2) is 8.32. The van der Waals surface area contributed by atoms with Crippen LogP contribution in [0.5, 0.6) is 0 Å². The molecule has 0 spiro atoms. The molecule has 3 N–H and O–H groups in total. The summed E-state index contributed by atoms with van der Waals surface area (Å²) in [4.78, 5) is 8.00. The lowest BCUT2D eigenvalue weighted by atomic mass is 10.0. The van der Waals surface area contributed by atoms with Gasteiger partial charge in [-0.25, -0.2) is 0 Å². The number of aromatic amines is 2. The molecule has 0 radical (unpaired) electrons. The first kappa shape index (κ1) is 20.4. The van der Waals surface area contributed by atoms with Gasteiger partial charge in [0, 0.05) is 33.7 Å². The summed E-state index contributed by atoms with van der Waals surface area (Å²) in [6.07, 6.45) is 4.58. The fraction of sp³-hybridized carbons (Fsp3) is 0.0714. The van der Waals surface area contributed by atoms with Crippen molar-refractivity contribution in [2.75, 3.05) is 5.32 Å². The van der Waals surface area contributed by atoms with Crippen molar-refractivity contribution in [2.45, 2.75) is 13.3 Å². The van der Waals surface area contributed by atoms with Crippen LogP contribution in [0.15, 0.2) is 90.0 Å². The van der Waals surface area contributed by atoms with E-state index in [-0.39, 0.29) is 0 Å².